The second-order valence-electron chi connectivity index (χ2n) is 19.1. The molecule has 2 N–H and O–H groups in total. The van der Waals surface area contributed by atoms with E-state index in [-0.39, 0.29) is 42.2 Å². The Labute approximate surface area is 390 Å². The van der Waals surface area contributed by atoms with Crippen molar-refractivity contribution in [3.8, 4) is 11.5 Å². The molecule has 1 fully saturated rings. The number of aromatic nitrogens is 2. The molecule has 1 saturated heterocycles. The van der Waals surface area contributed by atoms with E-state index < -0.39 is 54.9 Å². The number of methoxy groups -OCH3 is 2. The Kier molecular flexibility index (Phi) is 15.3. The summed E-state index contributed by atoms with van der Waals surface area (Å²) in [6, 6.07) is 34.5. The summed E-state index contributed by atoms with van der Waals surface area (Å²) in [5.74, 6) is 0.919. The maximum absolute atomic E-state index is 14.2. The number of morpholine rings is 1. The van der Waals surface area contributed by atoms with Crippen molar-refractivity contribution in [2.75, 3.05) is 39.3 Å². The standard InChI is InChI=1S/C52H66N4O9Si/c1-35(2)66(36(3)4,37(5)6)64-34-51(33-63-52(39-20-16-13-17-21-39,40-22-26-42(61-10)27-23-40)41-24-28-43(62-11)29-25-41)47(50(7,8)9)56(49(59)60)32-45(65-51)55-31-30-44(54-48(55)58)53-46(57)38-18-14-12-15-19-38/h12-31,35-37,45,47H,32-34H2,1-11H3,(H,59,60)(H,53,54,57,58)/t45-,47?,51+/m1/s1. The number of hydrogen-bond donors (Lipinski definition) is 2. The molecule has 14 heteroatoms. The number of carbonyl (C=O) groups is 2. The molecule has 0 radical (unpaired) electrons. The summed E-state index contributed by atoms with van der Waals surface area (Å²) in [7, 11) is 0.534. The van der Waals surface area contributed by atoms with Gasteiger partial charge in [-0.2, -0.15) is 4.98 Å². The molecule has 3 atom stereocenters. The number of rotatable bonds is 17. The zero-order valence-electron chi connectivity index (χ0n) is 40.1. The SMILES string of the molecule is COc1ccc(C(OC[C@@]2(CO[Si](C(C)C)(C(C)C)C(C)C)O[C@@H](n3ccc(NC(=O)c4ccccc4)nc3=O)CN(C(=O)O)C2C(C)(C)C)(c2ccccc2)c2ccc(OC)cc2)cc1. The number of carbonyl (C=O) groups excluding carboxylic acids is 1. The van der Waals surface area contributed by atoms with Gasteiger partial charge in [0.1, 0.15) is 28.5 Å². The summed E-state index contributed by atoms with van der Waals surface area (Å²) in [4.78, 5) is 46.7. The van der Waals surface area contributed by atoms with E-state index in [0.717, 1.165) is 16.7 Å². The van der Waals surface area contributed by atoms with Crippen molar-refractivity contribution in [3.05, 3.63) is 154 Å². The Morgan fingerprint density at radius 2 is 1.27 bits per heavy atom. The fourth-order valence-corrected chi connectivity index (χ4v) is 15.8. The van der Waals surface area contributed by atoms with Gasteiger partial charge in [-0.25, -0.2) is 9.59 Å². The first kappa shape index (κ1) is 49.6. The van der Waals surface area contributed by atoms with Gasteiger partial charge in [0.25, 0.3) is 5.91 Å². The lowest BCUT2D eigenvalue weighted by Crippen LogP contribution is -2.71. The van der Waals surface area contributed by atoms with E-state index >= 15 is 0 Å². The molecule has 0 saturated carbocycles. The van der Waals surface area contributed by atoms with Gasteiger partial charge in [-0.3, -0.25) is 14.3 Å². The number of hydrogen-bond acceptors (Lipinski definition) is 9. The third kappa shape index (κ3) is 9.97. The highest BCUT2D eigenvalue weighted by atomic mass is 28.4. The molecule has 1 aromatic heterocycles. The largest absolute Gasteiger partial charge is 0.497 e. The lowest BCUT2D eigenvalue weighted by atomic mass is 9.74. The van der Waals surface area contributed by atoms with Crippen molar-refractivity contribution in [2.45, 2.75) is 102 Å². The van der Waals surface area contributed by atoms with Gasteiger partial charge >= 0.3 is 11.8 Å². The fraction of sp³-hybridized carbons (Fsp3) is 0.423. The van der Waals surface area contributed by atoms with Gasteiger partial charge in [-0.05, 0) is 81.2 Å². The van der Waals surface area contributed by atoms with Crippen LogP contribution in [0.15, 0.2) is 126 Å². The fourth-order valence-electron chi connectivity index (χ4n) is 10.3. The first-order valence-corrected chi connectivity index (χ1v) is 24.7. The minimum Gasteiger partial charge on any atom is -0.497 e. The quantitative estimate of drug-likeness (QED) is 0.0681. The summed E-state index contributed by atoms with van der Waals surface area (Å²) in [5, 5.41) is 14.0. The highest BCUT2D eigenvalue weighted by Gasteiger charge is 2.59. The van der Waals surface area contributed by atoms with Crippen molar-refractivity contribution < 1.29 is 38.1 Å². The Morgan fingerprint density at radius 1 is 0.773 bits per heavy atom. The molecule has 0 bridgehead atoms. The molecule has 4 aromatic carbocycles. The Balaban J connectivity index is 1.58. The Bertz CT molecular complexity index is 2390. The third-order valence-corrected chi connectivity index (χ3v) is 19.1. The van der Waals surface area contributed by atoms with Crippen molar-refractivity contribution in [3.63, 3.8) is 0 Å². The minimum atomic E-state index is -2.70. The maximum Gasteiger partial charge on any atom is 0.407 e. The predicted molar refractivity (Wildman–Crippen MR) is 259 cm³/mol. The molecule has 0 aliphatic carbocycles. The topological polar surface area (TPSA) is 151 Å². The number of amides is 2. The van der Waals surface area contributed by atoms with Crippen LogP contribution in [-0.4, -0.2) is 85.5 Å². The number of nitrogens with one attached hydrogen (secondary N) is 1. The van der Waals surface area contributed by atoms with Crippen LogP contribution in [0.25, 0.3) is 0 Å². The van der Waals surface area contributed by atoms with E-state index in [0.29, 0.717) is 17.1 Å². The van der Waals surface area contributed by atoms with Gasteiger partial charge in [0.15, 0.2) is 14.5 Å². The molecule has 1 aliphatic rings. The predicted octanol–water partition coefficient (Wildman–Crippen LogP) is 10.4. The lowest BCUT2D eigenvalue weighted by Gasteiger charge is -2.57. The summed E-state index contributed by atoms with van der Waals surface area (Å²) in [6.45, 7) is 18.7. The van der Waals surface area contributed by atoms with Crippen LogP contribution in [0.2, 0.25) is 16.6 Å². The molecule has 1 aliphatic heterocycles. The molecule has 1 unspecified atom stereocenters. The van der Waals surface area contributed by atoms with Crippen LogP contribution in [-0.2, 0) is 19.5 Å². The first-order valence-electron chi connectivity index (χ1n) is 22.6. The van der Waals surface area contributed by atoms with Crippen LogP contribution in [0.1, 0.15) is 95.6 Å². The zero-order valence-corrected chi connectivity index (χ0v) is 41.1. The molecule has 6 rings (SSSR count). The van der Waals surface area contributed by atoms with Crippen LogP contribution in [0.4, 0.5) is 10.6 Å². The smallest absolute Gasteiger partial charge is 0.407 e. The van der Waals surface area contributed by atoms with E-state index in [2.05, 4.69) is 51.8 Å². The number of benzene rings is 4. The first-order chi connectivity index (χ1) is 31.3. The second kappa shape index (κ2) is 20.4. The van der Waals surface area contributed by atoms with E-state index in [1.54, 1.807) is 44.6 Å². The number of ether oxygens (including phenoxy) is 4. The van der Waals surface area contributed by atoms with Gasteiger partial charge < -0.3 is 33.8 Å². The minimum absolute atomic E-state index is 0.0368. The van der Waals surface area contributed by atoms with Crippen LogP contribution < -0.4 is 20.5 Å². The van der Waals surface area contributed by atoms with Crippen molar-refractivity contribution in [1.82, 2.24) is 14.5 Å². The van der Waals surface area contributed by atoms with E-state index in [1.165, 1.54) is 21.7 Å². The average Bonchev–Trinajstić information content (AvgIpc) is 3.29. The molecule has 352 valence electrons. The monoisotopic (exact) mass is 918 g/mol. The van der Waals surface area contributed by atoms with Gasteiger partial charge in [-0.1, -0.05) is 135 Å². The third-order valence-electron chi connectivity index (χ3n) is 13.0. The summed E-state index contributed by atoms with van der Waals surface area (Å²) in [5.41, 5.74) is -1.13. The lowest BCUT2D eigenvalue weighted by molar-refractivity contribution is -0.261. The maximum atomic E-state index is 14.2. The zero-order chi connectivity index (χ0) is 48.0. The van der Waals surface area contributed by atoms with Crippen molar-refractivity contribution in [2.24, 2.45) is 5.41 Å². The van der Waals surface area contributed by atoms with Gasteiger partial charge in [-0.15, -0.1) is 0 Å². The molecule has 66 heavy (non-hydrogen) atoms. The van der Waals surface area contributed by atoms with E-state index in [1.807, 2.05) is 99.6 Å². The van der Waals surface area contributed by atoms with Crippen molar-refractivity contribution in [1.29, 1.82) is 0 Å². The normalized spacial score (nSPS) is 18.1. The summed E-state index contributed by atoms with van der Waals surface area (Å²) in [6.07, 6.45) is -0.907. The van der Waals surface area contributed by atoms with Gasteiger partial charge in [0.05, 0.1) is 40.0 Å². The molecule has 13 nitrogen and oxygen atoms in total. The Hall–Kier alpha value is -5.80. The van der Waals surface area contributed by atoms with E-state index in [9.17, 15) is 19.5 Å². The summed E-state index contributed by atoms with van der Waals surface area (Å²) < 4.78 is 35.1. The second-order valence-corrected chi connectivity index (χ2v) is 24.5. The van der Waals surface area contributed by atoms with Crippen molar-refractivity contribution >= 4 is 26.1 Å². The molecular formula is C52H66N4O9Si. The number of anilines is 1. The highest BCUT2D eigenvalue weighted by molar-refractivity contribution is 6.77. The van der Waals surface area contributed by atoms with Crippen LogP contribution in [0, 0.1) is 5.41 Å². The molecule has 0 spiro atoms. The van der Waals surface area contributed by atoms with Gasteiger partial charge in [0.2, 0.25) is 0 Å². The molecule has 5 aromatic rings. The number of nitrogens with zero attached hydrogens (tertiary/aromatic N) is 3. The molecule has 2 amide bonds. The van der Waals surface area contributed by atoms with Gasteiger partial charge in [0, 0.05) is 11.8 Å². The van der Waals surface area contributed by atoms with E-state index in [4.69, 9.17) is 23.4 Å². The number of carboxylic acid groups (broad SMARTS) is 1. The highest BCUT2D eigenvalue weighted by Crippen LogP contribution is 2.49. The molecular weight excluding hydrogens is 853 g/mol. The van der Waals surface area contributed by atoms with Crippen LogP contribution >= 0.6 is 0 Å². The Morgan fingerprint density at radius 3 is 1.73 bits per heavy atom. The molecule has 2 heterocycles. The van der Waals surface area contributed by atoms with Crippen LogP contribution in [0.3, 0.4) is 0 Å². The summed E-state index contributed by atoms with van der Waals surface area (Å²) >= 11 is 0. The average molecular weight is 919 g/mol. The van der Waals surface area contributed by atoms with Crippen LogP contribution in [0.5, 0.6) is 11.5 Å².